The predicted molar refractivity (Wildman–Crippen MR) is 83.2 cm³/mol. The molecule has 0 aromatic heterocycles. The normalized spacial score (nSPS) is 11.2. The predicted octanol–water partition coefficient (Wildman–Crippen LogP) is 4.19. The second-order valence-electron chi connectivity index (χ2n) is 5.53. The highest BCUT2D eigenvalue weighted by atomic mass is 35.5. The van der Waals surface area contributed by atoms with Crippen molar-refractivity contribution < 1.29 is 9.18 Å². The van der Waals surface area contributed by atoms with Gasteiger partial charge in [0.1, 0.15) is 5.82 Å². The molecule has 0 spiro atoms. The summed E-state index contributed by atoms with van der Waals surface area (Å²) in [6, 6.07) is 14.0. The zero-order valence-electron chi connectivity index (χ0n) is 12.0. The second kappa shape index (κ2) is 6.27. The van der Waals surface area contributed by atoms with Gasteiger partial charge in [-0.05, 0) is 17.7 Å². The minimum Gasteiger partial charge on any atom is -0.351 e. The molecule has 0 aliphatic carbocycles. The Kier molecular flexibility index (Phi) is 4.63. The lowest BCUT2D eigenvalue weighted by atomic mass is 9.84. The molecule has 1 N–H and O–H groups in total. The van der Waals surface area contributed by atoms with Crippen LogP contribution in [-0.4, -0.2) is 12.5 Å². The summed E-state index contributed by atoms with van der Waals surface area (Å²) in [5.74, 6) is -1.11. The van der Waals surface area contributed by atoms with E-state index in [2.05, 4.69) is 5.32 Å². The first-order valence-electron chi connectivity index (χ1n) is 6.69. The number of amides is 1. The second-order valence-corrected chi connectivity index (χ2v) is 5.94. The molecule has 0 saturated heterocycles. The van der Waals surface area contributed by atoms with E-state index in [0.717, 1.165) is 5.56 Å². The van der Waals surface area contributed by atoms with Crippen LogP contribution in [0.4, 0.5) is 4.39 Å². The Bertz CT molecular complexity index is 620. The third-order valence-electron chi connectivity index (χ3n) is 3.44. The van der Waals surface area contributed by atoms with Gasteiger partial charge in [0.2, 0.25) is 0 Å². The van der Waals surface area contributed by atoms with Gasteiger partial charge in [0.15, 0.2) is 0 Å². The van der Waals surface area contributed by atoms with Gasteiger partial charge in [-0.3, -0.25) is 4.79 Å². The van der Waals surface area contributed by atoms with Crippen molar-refractivity contribution in [3.8, 4) is 0 Å². The number of hydrogen-bond donors (Lipinski definition) is 1. The number of halogens is 2. The highest BCUT2D eigenvalue weighted by Crippen LogP contribution is 2.23. The number of rotatable bonds is 4. The molecule has 0 bridgehead atoms. The van der Waals surface area contributed by atoms with E-state index in [1.807, 2.05) is 44.2 Å². The van der Waals surface area contributed by atoms with Crippen LogP contribution in [0.1, 0.15) is 29.8 Å². The number of hydrogen-bond acceptors (Lipinski definition) is 1. The first-order chi connectivity index (χ1) is 9.92. The van der Waals surface area contributed by atoms with Gasteiger partial charge in [0, 0.05) is 12.0 Å². The van der Waals surface area contributed by atoms with E-state index in [1.165, 1.54) is 18.2 Å². The van der Waals surface area contributed by atoms with Crippen LogP contribution in [-0.2, 0) is 5.41 Å². The van der Waals surface area contributed by atoms with Crippen molar-refractivity contribution in [1.29, 1.82) is 0 Å². The quantitative estimate of drug-likeness (QED) is 0.901. The maximum Gasteiger partial charge on any atom is 0.255 e. The van der Waals surface area contributed by atoms with Gasteiger partial charge in [-0.2, -0.15) is 0 Å². The summed E-state index contributed by atoms with van der Waals surface area (Å²) < 4.78 is 13.7. The molecule has 0 saturated carbocycles. The van der Waals surface area contributed by atoms with E-state index in [-0.39, 0.29) is 16.0 Å². The lowest BCUT2D eigenvalue weighted by molar-refractivity contribution is 0.0942. The molecule has 21 heavy (non-hydrogen) atoms. The van der Waals surface area contributed by atoms with Crippen LogP contribution in [0.3, 0.4) is 0 Å². The maximum atomic E-state index is 13.7. The molecule has 2 nitrogen and oxygen atoms in total. The van der Waals surface area contributed by atoms with Crippen molar-refractivity contribution >= 4 is 17.5 Å². The topological polar surface area (TPSA) is 29.1 Å². The Hall–Kier alpha value is -1.87. The molecule has 0 fully saturated rings. The summed E-state index contributed by atoms with van der Waals surface area (Å²) in [5.41, 5.74) is 0.738. The first-order valence-corrected chi connectivity index (χ1v) is 7.07. The van der Waals surface area contributed by atoms with Gasteiger partial charge in [0.05, 0.1) is 10.6 Å². The van der Waals surface area contributed by atoms with Crippen LogP contribution in [0, 0.1) is 5.82 Å². The molecule has 2 aromatic rings. The van der Waals surface area contributed by atoms with Gasteiger partial charge in [0.25, 0.3) is 5.91 Å². The average Bonchev–Trinajstić information content (AvgIpc) is 2.46. The molecule has 0 heterocycles. The zero-order chi connectivity index (χ0) is 15.5. The molecular weight excluding hydrogens is 289 g/mol. The van der Waals surface area contributed by atoms with E-state index in [1.54, 1.807) is 0 Å². The highest BCUT2D eigenvalue weighted by molar-refractivity contribution is 6.33. The molecule has 4 heteroatoms. The number of benzene rings is 2. The van der Waals surface area contributed by atoms with Crippen LogP contribution in [0.15, 0.2) is 48.5 Å². The number of nitrogens with one attached hydrogen (secondary N) is 1. The highest BCUT2D eigenvalue weighted by Gasteiger charge is 2.23. The van der Waals surface area contributed by atoms with Crippen LogP contribution in [0.5, 0.6) is 0 Å². The van der Waals surface area contributed by atoms with E-state index in [4.69, 9.17) is 11.6 Å². The zero-order valence-corrected chi connectivity index (χ0v) is 12.7. The summed E-state index contributed by atoms with van der Waals surface area (Å²) in [4.78, 5) is 12.1. The monoisotopic (exact) mass is 305 g/mol. The summed E-state index contributed by atoms with van der Waals surface area (Å²) in [6.07, 6.45) is 0. The molecule has 110 valence electrons. The Balaban J connectivity index is 2.11. The summed E-state index contributed by atoms with van der Waals surface area (Å²) >= 11 is 5.89. The largest absolute Gasteiger partial charge is 0.351 e. The first kappa shape index (κ1) is 15.5. The minimum absolute atomic E-state index is 0.108. The molecule has 1 amide bonds. The van der Waals surface area contributed by atoms with Crippen molar-refractivity contribution in [2.24, 2.45) is 0 Å². The Morgan fingerprint density at radius 3 is 2.43 bits per heavy atom. The van der Waals surface area contributed by atoms with Gasteiger partial charge < -0.3 is 5.32 Å². The minimum atomic E-state index is -0.613. The third kappa shape index (κ3) is 3.61. The maximum absolute atomic E-state index is 13.7. The standard InChI is InChI=1S/C17H17ClFNO/c1-17(2,12-7-4-3-5-8-12)11-20-16(21)15-13(18)9-6-10-14(15)19/h3-10H,11H2,1-2H3,(H,20,21). The summed E-state index contributed by atoms with van der Waals surface area (Å²) in [5, 5.41) is 2.87. The van der Waals surface area contributed by atoms with E-state index >= 15 is 0 Å². The van der Waals surface area contributed by atoms with E-state index in [0.29, 0.717) is 6.54 Å². The van der Waals surface area contributed by atoms with Crippen molar-refractivity contribution in [1.82, 2.24) is 5.32 Å². The molecule has 0 radical (unpaired) electrons. The third-order valence-corrected chi connectivity index (χ3v) is 3.75. The molecule has 2 rings (SSSR count). The fourth-order valence-electron chi connectivity index (χ4n) is 2.10. The van der Waals surface area contributed by atoms with Crippen molar-refractivity contribution in [3.63, 3.8) is 0 Å². The van der Waals surface area contributed by atoms with Gasteiger partial charge in [-0.1, -0.05) is 61.8 Å². The molecule has 0 aliphatic rings. The van der Waals surface area contributed by atoms with E-state index < -0.39 is 11.7 Å². The van der Waals surface area contributed by atoms with Crippen LogP contribution >= 0.6 is 11.6 Å². The van der Waals surface area contributed by atoms with Crippen LogP contribution < -0.4 is 5.32 Å². The van der Waals surface area contributed by atoms with Crippen LogP contribution in [0.2, 0.25) is 5.02 Å². The van der Waals surface area contributed by atoms with Gasteiger partial charge in [-0.25, -0.2) is 4.39 Å². The molecule has 2 aromatic carbocycles. The fraction of sp³-hybridized carbons (Fsp3) is 0.235. The number of carbonyl (C=O) groups excluding carboxylic acids is 1. The van der Waals surface area contributed by atoms with E-state index in [9.17, 15) is 9.18 Å². The van der Waals surface area contributed by atoms with Crippen molar-refractivity contribution in [2.75, 3.05) is 6.54 Å². The summed E-state index contributed by atoms with van der Waals surface area (Å²) in [7, 11) is 0. The SMILES string of the molecule is CC(C)(CNC(=O)c1c(F)cccc1Cl)c1ccccc1. The Morgan fingerprint density at radius 2 is 1.81 bits per heavy atom. The van der Waals surface area contributed by atoms with Gasteiger partial charge >= 0.3 is 0 Å². The Labute approximate surface area is 128 Å². The van der Waals surface area contributed by atoms with Crippen LogP contribution in [0.25, 0.3) is 0 Å². The lowest BCUT2D eigenvalue weighted by Gasteiger charge is -2.25. The Morgan fingerprint density at radius 1 is 1.14 bits per heavy atom. The van der Waals surface area contributed by atoms with Crippen molar-refractivity contribution in [2.45, 2.75) is 19.3 Å². The summed E-state index contributed by atoms with van der Waals surface area (Å²) in [6.45, 7) is 4.43. The fourth-order valence-corrected chi connectivity index (χ4v) is 2.34. The number of carbonyl (C=O) groups is 1. The molecule has 0 unspecified atom stereocenters. The van der Waals surface area contributed by atoms with Gasteiger partial charge in [-0.15, -0.1) is 0 Å². The molecular formula is C17H17ClFNO. The molecule has 0 aliphatic heterocycles. The lowest BCUT2D eigenvalue weighted by Crippen LogP contribution is -2.37. The van der Waals surface area contributed by atoms with Crippen molar-refractivity contribution in [3.05, 3.63) is 70.5 Å². The molecule has 0 atom stereocenters. The average molecular weight is 306 g/mol. The smallest absolute Gasteiger partial charge is 0.255 e.